The van der Waals surface area contributed by atoms with Gasteiger partial charge in [0.15, 0.2) is 0 Å². The van der Waals surface area contributed by atoms with Crippen molar-refractivity contribution >= 4 is 23.4 Å². The first kappa shape index (κ1) is 12.1. The molecule has 1 aromatic rings. The molecule has 1 saturated carbocycles. The van der Waals surface area contributed by atoms with Crippen LogP contribution in [-0.4, -0.2) is 34.6 Å². The summed E-state index contributed by atoms with van der Waals surface area (Å²) in [4.78, 5) is 9.21. The molecule has 3 rings (SSSR count). The standard InChI is InChI=1S/C13H20N4S/c1-14-11-7-12(15-10-3-2-6-18-8-10)17-13(16-11)9-4-5-9/h7,9-10H,2-6,8H2,1H3,(H2,14,15,16,17). The molecule has 1 aliphatic heterocycles. The van der Waals surface area contributed by atoms with Gasteiger partial charge in [0.05, 0.1) is 0 Å². The molecule has 1 aliphatic carbocycles. The van der Waals surface area contributed by atoms with Crippen molar-refractivity contribution in [1.29, 1.82) is 0 Å². The molecule has 2 heterocycles. The summed E-state index contributed by atoms with van der Waals surface area (Å²) in [5.41, 5.74) is 0. The zero-order valence-corrected chi connectivity index (χ0v) is 11.6. The summed E-state index contributed by atoms with van der Waals surface area (Å²) in [6.45, 7) is 0. The predicted octanol–water partition coefficient (Wildman–Crippen LogP) is 2.70. The molecule has 4 nitrogen and oxygen atoms in total. The molecule has 0 bridgehead atoms. The van der Waals surface area contributed by atoms with Gasteiger partial charge in [0, 0.05) is 30.8 Å². The highest BCUT2D eigenvalue weighted by Crippen LogP contribution is 2.38. The molecule has 1 unspecified atom stereocenters. The molecule has 2 fully saturated rings. The van der Waals surface area contributed by atoms with Gasteiger partial charge in [-0.25, -0.2) is 9.97 Å². The lowest BCUT2D eigenvalue weighted by Crippen LogP contribution is -2.26. The average molecular weight is 264 g/mol. The molecule has 18 heavy (non-hydrogen) atoms. The number of anilines is 2. The Kier molecular flexibility index (Phi) is 3.59. The Labute approximate surface area is 112 Å². The summed E-state index contributed by atoms with van der Waals surface area (Å²) in [7, 11) is 1.92. The fourth-order valence-electron chi connectivity index (χ4n) is 2.26. The molecule has 0 aromatic carbocycles. The van der Waals surface area contributed by atoms with Crippen molar-refractivity contribution in [2.75, 3.05) is 29.2 Å². The third-order valence-electron chi connectivity index (χ3n) is 3.45. The lowest BCUT2D eigenvalue weighted by molar-refractivity contribution is 0.681. The van der Waals surface area contributed by atoms with E-state index >= 15 is 0 Å². The van der Waals surface area contributed by atoms with Gasteiger partial charge in [-0.15, -0.1) is 0 Å². The van der Waals surface area contributed by atoms with E-state index in [1.165, 1.54) is 37.2 Å². The lowest BCUT2D eigenvalue weighted by atomic mass is 10.2. The van der Waals surface area contributed by atoms with Crippen LogP contribution < -0.4 is 10.6 Å². The van der Waals surface area contributed by atoms with Crippen molar-refractivity contribution in [2.24, 2.45) is 0 Å². The number of nitrogens with one attached hydrogen (secondary N) is 2. The van der Waals surface area contributed by atoms with Crippen LogP contribution in [0.5, 0.6) is 0 Å². The second kappa shape index (κ2) is 5.34. The fourth-order valence-corrected chi connectivity index (χ4v) is 3.33. The summed E-state index contributed by atoms with van der Waals surface area (Å²) in [5.74, 6) is 6.02. The minimum Gasteiger partial charge on any atom is -0.373 e. The van der Waals surface area contributed by atoms with Crippen molar-refractivity contribution < 1.29 is 0 Å². The first-order valence-electron chi connectivity index (χ1n) is 6.76. The smallest absolute Gasteiger partial charge is 0.136 e. The highest BCUT2D eigenvalue weighted by Gasteiger charge is 2.27. The topological polar surface area (TPSA) is 49.8 Å². The van der Waals surface area contributed by atoms with Crippen LogP contribution in [0, 0.1) is 0 Å². The third kappa shape index (κ3) is 2.88. The molecule has 0 spiro atoms. The van der Waals surface area contributed by atoms with E-state index in [1.807, 2.05) is 24.9 Å². The second-order valence-corrected chi connectivity index (χ2v) is 6.23. The van der Waals surface area contributed by atoms with E-state index < -0.39 is 0 Å². The van der Waals surface area contributed by atoms with Gasteiger partial charge in [0.1, 0.15) is 17.5 Å². The first-order chi connectivity index (χ1) is 8.85. The summed E-state index contributed by atoms with van der Waals surface area (Å²) in [6.07, 6.45) is 5.05. The number of hydrogen-bond acceptors (Lipinski definition) is 5. The van der Waals surface area contributed by atoms with Crippen molar-refractivity contribution in [1.82, 2.24) is 9.97 Å². The fraction of sp³-hybridized carbons (Fsp3) is 0.692. The number of thioether (sulfide) groups is 1. The van der Waals surface area contributed by atoms with Crippen molar-refractivity contribution in [2.45, 2.75) is 37.6 Å². The Bertz CT molecular complexity index is 413. The zero-order chi connectivity index (χ0) is 12.4. The molecule has 0 amide bonds. The molecule has 2 aliphatic rings. The Morgan fingerprint density at radius 3 is 2.72 bits per heavy atom. The molecule has 5 heteroatoms. The normalized spacial score (nSPS) is 23.7. The third-order valence-corrected chi connectivity index (χ3v) is 4.67. The van der Waals surface area contributed by atoms with Crippen molar-refractivity contribution in [3.63, 3.8) is 0 Å². The maximum absolute atomic E-state index is 4.67. The van der Waals surface area contributed by atoms with Crippen molar-refractivity contribution in [3.8, 4) is 0 Å². The van der Waals surface area contributed by atoms with E-state index in [2.05, 4.69) is 20.6 Å². The van der Waals surface area contributed by atoms with Crippen LogP contribution in [0.15, 0.2) is 6.07 Å². The van der Waals surface area contributed by atoms with Crippen LogP contribution in [0.1, 0.15) is 37.4 Å². The van der Waals surface area contributed by atoms with Gasteiger partial charge in [-0.2, -0.15) is 11.8 Å². The maximum Gasteiger partial charge on any atom is 0.136 e. The van der Waals surface area contributed by atoms with Crippen LogP contribution in [0.3, 0.4) is 0 Å². The molecular weight excluding hydrogens is 244 g/mol. The van der Waals surface area contributed by atoms with Gasteiger partial charge in [-0.1, -0.05) is 0 Å². The Morgan fingerprint density at radius 1 is 1.22 bits per heavy atom. The van der Waals surface area contributed by atoms with E-state index in [9.17, 15) is 0 Å². The quantitative estimate of drug-likeness (QED) is 0.875. The molecule has 2 N–H and O–H groups in total. The summed E-state index contributed by atoms with van der Waals surface area (Å²) in [5, 5.41) is 6.70. The number of rotatable bonds is 4. The second-order valence-electron chi connectivity index (χ2n) is 5.08. The minimum absolute atomic E-state index is 0.565. The van der Waals surface area contributed by atoms with Gasteiger partial charge < -0.3 is 10.6 Å². The summed E-state index contributed by atoms with van der Waals surface area (Å²) in [6, 6.07) is 2.58. The summed E-state index contributed by atoms with van der Waals surface area (Å²) < 4.78 is 0. The SMILES string of the molecule is CNc1cc(NC2CCCSC2)nc(C2CC2)n1. The average Bonchev–Trinajstić information content (AvgIpc) is 3.24. The van der Waals surface area contributed by atoms with Crippen LogP contribution in [-0.2, 0) is 0 Å². The van der Waals surface area contributed by atoms with Gasteiger partial charge in [-0.3, -0.25) is 0 Å². The van der Waals surface area contributed by atoms with Crippen LogP contribution >= 0.6 is 11.8 Å². The largest absolute Gasteiger partial charge is 0.373 e. The zero-order valence-electron chi connectivity index (χ0n) is 10.8. The van der Waals surface area contributed by atoms with E-state index in [4.69, 9.17) is 0 Å². The van der Waals surface area contributed by atoms with Crippen molar-refractivity contribution in [3.05, 3.63) is 11.9 Å². The Balaban J connectivity index is 1.74. The highest BCUT2D eigenvalue weighted by molar-refractivity contribution is 7.99. The monoisotopic (exact) mass is 264 g/mol. The maximum atomic E-state index is 4.67. The molecule has 1 aromatic heterocycles. The van der Waals surface area contributed by atoms with Gasteiger partial charge in [0.2, 0.25) is 0 Å². The van der Waals surface area contributed by atoms with E-state index in [1.54, 1.807) is 0 Å². The van der Waals surface area contributed by atoms with Gasteiger partial charge in [0.25, 0.3) is 0 Å². The number of nitrogens with zero attached hydrogens (tertiary/aromatic N) is 2. The molecule has 98 valence electrons. The predicted molar refractivity (Wildman–Crippen MR) is 77.5 cm³/mol. The number of hydrogen-bond donors (Lipinski definition) is 2. The first-order valence-corrected chi connectivity index (χ1v) is 7.91. The van der Waals surface area contributed by atoms with Crippen LogP contribution in [0.2, 0.25) is 0 Å². The van der Waals surface area contributed by atoms with E-state index in [0.29, 0.717) is 12.0 Å². The molecule has 1 saturated heterocycles. The van der Waals surface area contributed by atoms with Crippen LogP contribution in [0.4, 0.5) is 11.6 Å². The number of aromatic nitrogens is 2. The van der Waals surface area contributed by atoms with E-state index in [-0.39, 0.29) is 0 Å². The minimum atomic E-state index is 0.565. The highest BCUT2D eigenvalue weighted by atomic mass is 32.2. The Morgan fingerprint density at radius 2 is 2.06 bits per heavy atom. The van der Waals surface area contributed by atoms with Gasteiger partial charge in [-0.05, 0) is 31.4 Å². The van der Waals surface area contributed by atoms with Crippen LogP contribution in [0.25, 0.3) is 0 Å². The van der Waals surface area contributed by atoms with E-state index in [0.717, 1.165) is 17.5 Å². The molecule has 0 radical (unpaired) electrons. The molecule has 1 atom stereocenters. The lowest BCUT2D eigenvalue weighted by Gasteiger charge is -2.23. The van der Waals surface area contributed by atoms with Gasteiger partial charge >= 0.3 is 0 Å². The summed E-state index contributed by atoms with van der Waals surface area (Å²) >= 11 is 2.03. The molecular formula is C13H20N4S. The Hall–Kier alpha value is -0.970.